The van der Waals surface area contributed by atoms with Crippen molar-refractivity contribution in [2.45, 2.75) is 25.9 Å². The van der Waals surface area contributed by atoms with Gasteiger partial charge in [-0.2, -0.15) is 0 Å². The van der Waals surface area contributed by atoms with Gasteiger partial charge in [0, 0.05) is 25.5 Å². The van der Waals surface area contributed by atoms with Crippen LogP contribution in [-0.2, 0) is 25.7 Å². The molecule has 9 heteroatoms. The molecular weight excluding hydrogens is 451 g/mol. The quantitative estimate of drug-likeness (QED) is 0.578. The lowest BCUT2D eigenvalue weighted by atomic mass is 10.0. The maximum Gasteiger partial charge on any atom is 0.308 e. The Labute approximate surface area is 190 Å². The number of hydrogen-bond acceptors (Lipinski definition) is 4. The normalized spacial score (nSPS) is 11.5. The van der Waals surface area contributed by atoms with Crippen molar-refractivity contribution in [3.63, 3.8) is 0 Å². The van der Waals surface area contributed by atoms with Crippen LogP contribution >= 0.6 is 34.8 Å². The molecular formula is C21H21Cl3N2O4. The molecule has 2 rings (SSSR count). The van der Waals surface area contributed by atoms with Gasteiger partial charge < -0.3 is 15.0 Å². The molecule has 2 aromatic rings. The number of esters is 1. The molecule has 0 heterocycles. The molecule has 0 aliphatic rings. The van der Waals surface area contributed by atoms with Crippen LogP contribution in [0.15, 0.2) is 42.5 Å². The first-order valence-corrected chi connectivity index (χ1v) is 10.1. The minimum absolute atomic E-state index is 0.120. The third kappa shape index (κ3) is 7.52. The highest BCUT2D eigenvalue weighted by Gasteiger charge is 2.20. The second-order valence-electron chi connectivity index (χ2n) is 6.67. The Hall–Kier alpha value is -2.28. The zero-order valence-corrected chi connectivity index (χ0v) is 18.7. The lowest BCUT2D eigenvalue weighted by Gasteiger charge is -2.19. The Morgan fingerprint density at radius 2 is 1.70 bits per heavy atom. The fourth-order valence-electron chi connectivity index (χ4n) is 2.67. The molecule has 6 nitrogen and oxygen atoms in total. The largest absolute Gasteiger partial charge is 0.455 e. The molecule has 2 amide bonds. The van der Waals surface area contributed by atoms with E-state index >= 15 is 0 Å². The second-order valence-corrected chi connectivity index (χ2v) is 7.92. The number of nitrogens with zero attached hydrogens (tertiary/aromatic N) is 1. The average molecular weight is 472 g/mol. The molecule has 0 bridgehead atoms. The SMILES string of the molecule is CC(=O)NC(CC(=O)OCC(=O)N(C)Cc1ccc(Cl)c(Cl)c1)c1ccc(Cl)cc1. The Balaban J connectivity index is 1.90. The monoisotopic (exact) mass is 470 g/mol. The number of hydrogen-bond donors (Lipinski definition) is 1. The third-order valence-electron chi connectivity index (χ3n) is 4.21. The predicted molar refractivity (Wildman–Crippen MR) is 117 cm³/mol. The summed E-state index contributed by atoms with van der Waals surface area (Å²) < 4.78 is 5.11. The predicted octanol–water partition coefficient (Wildman–Crippen LogP) is 4.42. The number of carbonyl (C=O) groups is 3. The van der Waals surface area contributed by atoms with Crippen LogP contribution in [0.3, 0.4) is 0 Å². The van der Waals surface area contributed by atoms with Gasteiger partial charge in [-0.15, -0.1) is 0 Å². The maximum atomic E-state index is 12.3. The van der Waals surface area contributed by atoms with E-state index in [-0.39, 0.29) is 24.8 Å². The smallest absolute Gasteiger partial charge is 0.308 e. The number of benzene rings is 2. The average Bonchev–Trinajstić information content (AvgIpc) is 2.68. The second kappa shape index (κ2) is 11.2. The molecule has 0 aliphatic carbocycles. The Morgan fingerprint density at radius 1 is 1.03 bits per heavy atom. The Kier molecular flexibility index (Phi) is 8.96. The summed E-state index contributed by atoms with van der Waals surface area (Å²) in [6.45, 7) is 1.23. The van der Waals surface area contributed by atoms with Gasteiger partial charge in [0.2, 0.25) is 5.91 Å². The molecule has 0 saturated carbocycles. The van der Waals surface area contributed by atoms with E-state index in [4.69, 9.17) is 39.5 Å². The number of halogens is 3. The summed E-state index contributed by atoms with van der Waals surface area (Å²) >= 11 is 17.7. The van der Waals surface area contributed by atoms with Crippen LogP contribution in [0, 0.1) is 0 Å². The van der Waals surface area contributed by atoms with Crippen LogP contribution in [-0.4, -0.2) is 36.3 Å². The van der Waals surface area contributed by atoms with E-state index in [0.717, 1.165) is 5.56 Å². The maximum absolute atomic E-state index is 12.3. The van der Waals surface area contributed by atoms with Crippen molar-refractivity contribution in [3.8, 4) is 0 Å². The number of nitrogens with one attached hydrogen (secondary N) is 1. The molecule has 1 unspecified atom stereocenters. The molecule has 1 atom stereocenters. The summed E-state index contributed by atoms with van der Waals surface area (Å²) in [5.41, 5.74) is 1.50. The summed E-state index contributed by atoms with van der Waals surface area (Å²) in [5, 5.41) is 4.06. The van der Waals surface area contributed by atoms with Crippen molar-refractivity contribution < 1.29 is 19.1 Å². The zero-order valence-electron chi connectivity index (χ0n) is 16.5. The molecule has 0 spiro atoms. The van der Waals surface area contributed by atoms with Gasteiger partial charge in [0.05, 0.1) is 22.5 Å². The van der Waals surface area contributed by atoms with Gasteiger partial charge in [0.25, 0.3) is 5.91 Å². The molecule has 30 heavy (non-hydrogen) atoms. The van der Waals surface area contributed by atoms with Crippen molar-refractivity contribution in [3.05, 3.63) is 68.7 Å². The van der Waals surface area contributed by atoms with E-state index in [1.54, 1.807) is 49.5 Å². The summed E-state index contributed by atoms with van der Waals surface area (Å²) in [6, 6.07) is 11.3. The van der Waals surface area contributed by atoms with E-state index in [0.29, 0.717) is 20.6 Å². The standard InChI is InChI=1S/C21H21Cl3N2O4/c1-13(27)25-19(15-4-6-16(22)7-5-15)10-21(29)30-12-20(28)26(2)11-14-3-8-17(23)18(24)9-14/h3-9,19H,10-12H2,1-2H3,(H,25,27). The number of ether oxygens (including phenoxy) is 1. The third-order valence-corrected chi connectivity index (χ3v) is 5.20. The van der Waals surface area contributed by atoms with E-state index in [1.165, 1.54) is 11.8 Å². The van der Waals surface area contributed by atoms with Crippen LogP contribution in [0.25, 0.3) is 0 Å². The van der Waals surface area contributed by atoms with Gasteiger partial charge in [-0.1, -0.05) is 53.0 Å². The van der Waals surface area contributed by atoms with Crippen molar-refractivity contribution in [2.75, 3.05) is 13.7 Å². The molecule has 2 aromatic carbocycles. The molecule has 0 fully saturated rings. The van der Waals surface area contributed by atoms with Crippen molar-refractivity contribution in [1.82, 2.24) is 10.2 Å². The van der Waals surface area contributed by atoms with E-state index < -0.39 is 18.6 Å². The van der Waals surface area contributed by atoms with E-state index in [2.05, 4.69) is 5.32 Å². The number of amides is 2. The first kappa shape index (κ1) is 24.0. The molecule has 160 valence electrons. The van der Waals surface area contributed by atoms with Crippen LogP contribution in [0.2, 0.25) is 15.1 Å². The topological polar surface area (TPSA) is 75.7 Å². The lowest BCUT2D eigenvalue weighted by molar-refractivity contribution is -0.152. The van der Waals surface area contributed by atoms with Crippen molar-refractivity contribution >= 4 is 52.6 Å². The number of rotatable bonds is 8. The summed E-state index contributed by atoms with van der Waals surface area (Å²) in [6.07, 6.45) is -0.120. The molecule has 0 aromatic heterocycles. The van der Waals surface area contributed by atoms with Crippen LogP contribution in [0.4, 0.5) is 0 Å². The summed E-state index contributed by atoms with van der Waals surface area (Å²) in [4.78, 5) is 37.4. The van der Waals surface area contributed by atoms with Gasteiger partial charge in [0.1, 0.15) is 0 Å². The van der Waals surface area contributed by atoms with Gasteiger partial charge in [0.15, 0.2) is 6.61 Å². The van der Waals surface area contributed by atoms with Crippen LogP contribution in [0.5, 0.6) is 0 Å². The summed E-state index contributed by atoms with van der Waals surface area (Å²) in [7, 11) is 1.59. The molecule has 0 saturated heterocycles. The molecule has 0 aliphatic heterocycles. The lowest BCUT2D eigenvalue weighted by Crippen LogP contribution is -2.32. The summed E-state index contributed by atoms with van der Waals surface area (Å²) in [5.74, 6) is -1.28. The van der Waals surface area contributed by atoms with E-state index in [9.17, 15) is 14.4 Å². The zero-order chi connectivity index (χ0) is 22.3. The highest BCUT2D eigenvalue weighted by Crippen LogP contribution is 2.23. The van der Waals surface area contributed by atoms with Crippen molar-refractivity contribution in [1.29, 1.82) is 0 Å². The Bertz CT molecular complexity index is 919. The van der Waals surface area contributed by atoms with Gasteiger partial charge in [-0.05, 0) is 35.4 Å². The van der Waals surface area contributed by atoms with E-state index in [1.807, 2.05) is 0 Å². The fraction of sp³-hybridized carbons (Fsp3) is 0.286. The Morgan fingerprint density at radius 3 is 2.30 bits per heavy atom. The van der Waals surface area contributed by atoms with Crippen molar-refractivity contribution in [2.24, 2.45) is 0 Å². The van der Waals surface area contributed by atoms with Crippen LogP contribution < -0.4 is 5.32 Å². The molecule has 1 N–H and O–H groups in total. The fourth-order valence-corrected chi connectivity index (χ4v) is 3.12. The first-order valence-electron chi connectivity index (χ1n) is 9.01. The first-order chi connectivity index (χ1) is 14.2. The highest BCUT2D eigenvalue weighted by molar-refractivity contribution is 6.42. The highest BCUT2D eigenvalue weighted by atomic mass is 35.5. The van der Waals surface area contributed by atoms with Gasteiger partial charge in [-0.25, -0.2) is 0 Å². The minimum atomic E-state index is -0.611. The van der Waals surface area contributed by atoms with Gasteiger partial charge >= 0.3 is 5.97 Å². The number of likely N-dealkylation sites (N-methyl/N-ethyl adjacent to an activating group) is 1. The molecule has 0 radical (unpaired) electrons. The number of carbonyl (C=O) groups excluding carboxylic acids is 3. The van der Waals surface area contributed by atoms with Gasteiger partial charge in [-0.3, -0.25) is 14.4 Å². The minimum Gasteiger partial charge on any atom is -0.455 e. The van der Waals surface area contributed by atoms with Crippen LogP contribution in [0.1, 0.15) is 30.5 Å².